The maximum Gasteiger partial charge on any atom is 0.293 e. The minimum Gasteiger partial charge on any atom is -0.377 e. The molecule has 7 heteroatoms. The Morgan fingerprint density at radius 2 is 2.00 bits per heavy atom. The number of likely N-dealkylation sites (tertiary alicyclic amines) is 1. The van der Waals surface area contributed by atoms with Crippen molar-refractivity contribution in [3.63, 3.8) is 0 Å². The van der Waals surface area contributed by atoms with Crippen molar-refractivity contribution in [1.82, 2.24) is 10.2 Å². The van der Waals surface area contributed by atoms with E-state index in [2.05, 4.69) is 10.6 Å². The highest BCUT2D eigenvalue weighted by molar-refractivity contribution is 5.95. The molecule has 1 saturated heterocycles. The van der Waals surface area contributed by atoms with E-state index < -0.39 is 4.92 Å². The fourth-order valence-corrected chi connectivity index (χ4v) is 3.20. The van der Waals surface area contributed by atoms with E-state index in [4.69, 9.17) is 0 Å². The first kappa shape index (κ1) is 16.7. The van der Waals surface area contributed by atoms with Crippen molar-refractivity contribution in [2.24, 2.45) is 5.92 Å². The zero-order chi connectivity index (χ0) is 17.1. The highest BCUT2D eigenvalue weighted by atomic mass is 16.6. The highest BCUT2D eigenvalue weighted by Gasteiger charge is 2.27. The molecule has 0 spiro atoms. The molecule has 7 nitrogen and oxygen atoms in total. The van der Waals surface area contributed by atoms with E-state index in [0.717, 1.165) is 32.2 Å². The van der Waals surface area contributed by atoms with Crippen LogP contribution in [0.4, 0.5) is 11.4 Å². The van der Waals surface area contributed by atoms with Crippen LogP contribution in [0, 0.1) is 16.0 Å². The van der Waals surface area contributed by atoms with Crippen LogP contribution in [-0.2, 0) is 0 Å². The van der Waals surface area contributed by atoms with Crippen LogP contribution in [-0.4, -0.2) is 48.5 Å². The van der Waals surface area contributed by atoms with Crippen LogP contribution in [0.15, 0.2) is 18.2 Å². The van der Waals surface area contributed by atoms with Gasteiger partial charge in [0.05, 0.1) is 4.92 Å². The summed E-state index contributed by atoms with van der Waals surface area (Å²) < 4.78 is 0. The van der Waals surface area contributed by atoms with Gasteiger partial charge in [0.2, 0.25) is 0 Å². The molecule has 1 aromatic rings. The van der Waals surface area contributed by atoms with Crippen LogP contribution < -0.4 is 10.6 Å². The molecule has 1 aliphatic carbocycles. The Morgan fingerprint density at radius 3 is 2.58 bits per heavy atom. The van der Waals surface area contributed by atoms with Crippen molar-refractivity contribution < 1.29 is 9.72 Å². The molecule has 1 aromatic carbocycles. The van der Waals surface area contributed by atoms with Crippen molar-refractivity contribution in [3.8, 4) is 0 Å². The van der Waals surface area contributed by atoms with E-state index in [1.807, 2.05) is 7.05 Å². The zero-order valence-corrected chi connectivity index (χ0v) is 14.0. The van der Waals surface area contributed by atoms with Gasteiger partial charge in [0.1, 0.15) is 5.69 Å². The number of hydrogen-bond acceptors (Lipinski definition) is 5. The lowest BCUT2D eigenvalue weighted by Crippen LogP contribution is -2.40. The molecule has 0 atom stereocenters. The summed E-state index contributed by atoms with van der Waals surface area (Å²) in [5.41, 5.74) is 0.889. The van der Waals surface area contributed by atoms with Gasteiger partial charge in [-0.3, -0.25) is 14.9 Å². The predicted octanol–water partition coefficient (Wildman–Crippen LogP) is 2.24. The third kappa shape index (κ3) is 3.84. The Bertz CT molecular complexity index is 622. The van der Waals surface area contributed by atoms with Crippen molar-refractivity contribution in [3.05, 3.63) is 33.9 Å². The molecule has 0 radical (unpaired) electrons. The average molecular weight is 332 g/mol. The van der Waals surface area contributed by atoms with E-state index in [-0.39, 0.29) is 11.6 Å². The quantitative estimate of drug-likeness (QED) is 0.616. The van der Waals surface area contributed by atoms with Gasteiger partial charge in [-0.2, -0.15) is 0 Å². The number of benzene rings is 1. The minimum atomic E-state index is -0.416. The second kappa shape index (κ2) is 7.17. The van der Waals surface area contributed by atoms with Gasteiger partial charge in [0.25, 0.3) is 11.6 Å². The number of rotatable bonds is 6. The normalized spacial score (nSPS) is 18.5. The van der Waals surface area contributed by atoms with Crippen LogP contribution >= 0.6 is 0 Å². The third-order valence-electron chi connectivity index (χ3n) is 4.77. The van der Waals surface area contributed by atoms with E-state index in [0.29, 0.717) is 36.3 Å². The molecular formula is C17H24N4O3. The lowest BCUT2D eigenvalue weighted by molar-refractivity contribution is -0.384. The Labute approximate surface area is 141 Å². The molecule has 0 unspecified atom stereocenters. The molecule has 1 heterocycles. The van der Waals surface area contributed by atoms with E-state index in [9.17, 15) is 14.9 Å². The smallest absolute Gasteiger partial charge is 0.293 e. The number of carbonyl (C=O) groups excluding carboxylic acids is 1. The highest BCUT2D eigenvalue weighted by Crippen LogP contribution is 2.32. The van der Waals surface area contributed by atoms with Crippen molar-refractivity contribution in [2.75, 3.05) is 32.0 Å². The maximum absolute atomic E-state index is 12.7. The molecule has 2 N–H and O–H groups in total. The van der Waals surface area contributed by atoms with Gasteiger partial charge in [0, 0.05) is 30.8 Å². The van der Waals surface area contributed by atoms with E-state index in [1.54, 1.807) is 17.0 Å². The number of hydrogen-bond donors (Lipinski definition) is 2. The zero-order valence-electron chi connectivity index (χ0n) is 14.0. The van der Waals surface area contributed by atoms with Crippen LogP contribution in [0.25, 0.3) is 0 Å². The molecule has 0 aromatic heterocycles. The Hall–Kier alpha value is -2.15. The first-order valence-electron chi connectivity index (χ1n) is 8.57. The van der Waals surface area contributed by atoms with Crippen molar-refractivity contribution in [1.29, 1.82) is 0 Å². The Kier molecular flexibility index (Phi) is 4.99. The lowest BCUT2D eigenvalue weighted by Gasteiger charge is -2.32. The van der Waals surface area contributed by atoms with Crippen LogP contribution in [0.3, 0.4) is 0 Å². The Balaban J connectivity index is 1.70. The average Bonchev–Trinajstić information content (AvgIpc) is 3.39. The van der Waals surface area contributed by atoms with E-state index >= 15 is 0 Å². The number of carbonyl (C=O) groups is 1. The number of nitrogens with zero attached hydrogens (tertiary/aromatic N) is 2. The Morgan fingerprint density at radius 1 is 1.29 bits per heavy atom. The molecule has 130 valence electrons. The second-order valence-corrected chi connectivity index (χ2v) is 6.70. The van der Waals surface area contributed by atoms with Gasteiger partial charge >= 0.3 is 0 Å². The SMILES string of the molecule is CNCC1CCN(C(=O)c2ccc(NC3CC3)c([N+](=O)[O-])c2)CC1. The lowest BCUT2D eigenvalue weighted by atomic mass is 9.96. The molecule has 0 bridgehead atoms. The summed E-state index contributed by atoms with van der Waals surface area (Å²) >= 11 is 0. The predicted molar refractivity (Wildman–Crippen MR) is 92.3 cm³/mol. The number of nitro benzene ring substituents is 1. The van der Waals surface area contributed by atoms with Crippen LogP contribution in [0.1, 0.15) is 36.0 Å². The number of nitro groups is 1. The molecular weight excluding hydrogens is 308 g/mol. The standard InChI is InChI=1S/C17H24N4O3/c1-18-11-12-6-8-20(9-7-12)17(22)13-2-5-15(19-14-3-4-14)16(10-13)21(23)24/h2,5,10,12,14,18-19H,3-4,6-9,11H2,1H3. The summed E-state index contributed by atoms with van der Waals surface area (Å²) in [7, 11) is 1.94. The summed E-state index contributed by atoms with van der Waals surface area (Å²) in [4.78, 5) is 25.4. The molecule has 1 amide bonds. The fraction of sp³-hybridized carbons (Fsp3) is 0.588. The first-order chi connectivity index (χ1) is 11.6. The minimum absolute atomic E-state index is 0.0159. The number of anilines is 1. The maximum atomic E-state index is 12.7. The van der Waals surface area contributed by atoms with Gasteiger partial charge in [0.15, 0.2) is 0 Å². The topological polar surface area (TPSA) is 87.5 Å². The summed E-state index contributed by atoms with van der Waals surface area (Å²) in [5.74, 6) is 0.484. The van der Waals surface area contributed by atoms with Gasteiger partial charge in [-0.15, -0.1) is 0 Å². The molecule has 2 fully saturated rings. The van der Waals surface area contributed by atoms with Crippen molar-refractivity contribution in [2.45, 2.75) is 31.7 Å². The second-order valence-electron chi connectivity index (χ2n) is 6.70. The van der Waals surface area contributed by atoms with Gasteiger partial charge in [-0.25, -0.2) is 0 Å². The number of amides is 1. The molecule has 2 aliphatic rings. The summed E-state index contributed by atoms with van der Waals surface area (Å²) in [6.07, 6.45) is 4.02. The fourth-order valence-electron chi connectivity index (χ4n) is 3.20. The molecule has 1 aliphatic heterocycles. The van der Waals surface area contributed by atoms with Gasteiger partial charge < -0.3 is 15.5 Å². The van der Waals surface area contributed by atoms with Crippen molar-refractivity contribution >= 4 is 17.3 Å². The van der Waals surface area contributed by atoms with E-state index in [1.165, 1.54) is 6.07 Å². The largest absolute Gasteiger partial charge is 0.377 e. The molecule has 24 heavy (non-hydrogen) atoms. The molecule has 3 rings (SSSR count). The third-order valence-corrected chi connectivity index (χ3v) is 4.77. The monoisotopic (exact) mass is 332 g/mol. The molecule has 1 saturated carbocycles. The summed E-state index contributed by atoms with van der Waals surface area (Å²) in [5, 5.41) is 17.7. The summed E-state index contributed by atoms with van der Waals surface area (Å²) in [6, 6.07) is 5.10. The van der Waals surface area contributed by atoms with Gasteiger partial charge in [-0.05, 0) is 57.3 Å². The van der Waals surface area contributed by atoms with Crippen LogP contribution in [0.5, 0.6) is 0 Å². The summed E-state index contributed by atoms with van der Waals surface area (Å²) in [6.45, 7) is 2.39. The number of piperidine rings is 1. The van der Waals surface area contributed by atoms with Crippen LogP contribution in [0.2, 0.25) is 0 Å². The number of nitrogens with one attached hydrogen (secondary N) is 2. The first-order valence-corrected chi connectivity index (χ1v) is 8.57. The van der Waals surface area contributed by atoms with Gasteiger partial charge in [-0.1, -0.05) is 0 Å².